The molecule has 0 amide bonds. The Hall–Kier alpha value is -2.26. The lowest BCUT2D eigenvalue weighted by atomic mass is 10.1. The van der Waals surface area contributed by atoms with Crippen molar-refractivity contribution >= 4 is 33.6 Å². The molecule has 3 aromatic carbocycles. The molecule has 4 rings (SSSR count). The van der Waals surface area contributed by atoms with Gasteiger partial charge in [0.15, 0.2) is 11.0 Å². The molecule has 0 aliphatic heterocycles. The SMILES string of the molecule is Cc1ccc2[nH+]c(SCc3ccc4ccccc4c3)[nH]c2c1. The monoisotopic (exact) mass is 305 g/mol. The zero-order valence-corrected chi connectivity index (χ0v) is 13.2. The van der Waals surface area contributed by atoms with Crippen LogP contribution < -0.4 is 4.98 Å². The average molecular weight is 305 g/mol. The average Bonchev–Trinajstić information content (AvgIpc) is 2.94. The Balaban J connectivity index is 1.56. The van der Waals surface area contributed by atoms with Gasteiger partial charge in [0.05, 0.1) is 0 Å². The third-order valence-corrected chi connectivity index (χ3v) is 4.84. The highest BCUT2D eigenvalue weighted by Crippen LogP contribution is 2.23. The van der Waals surface area contributed by atoms with E-state index in [9.17, 15) is 0 Å². The number of nitrogens with one attached hydrogen (secondary N) is 2. The van der Waals surface area contributed by atoms with Crippen LogP contribution in [0.25, 0.3) is 21.8 Å². The second kappa shape index (κ2) is 5.50. The van der Waals surface area contributed by atoms with Crippen molar-refractivity contribution < 1.29 is 4.98 Å². The number of hydrogen-bond acceptors (Lipinski definition) is 1. The number of benzene rings is 3. The van der Waals surface area contributed by atoms with Crippen LogP contribution in [0.5, 0.6) is 0 Å². The fourth-order valence-corrected chi connectivity index (χ4v) is 3.56. The van der Waals surface area contributed by atoms with Crippen LogP contribution >= 0.6 is 11.8 Å². The molecule has 0 aliphatic rings. The number of H-pyrrole nitrogens is 2. The first kappa shape index (κ1) is 13.4. The van der Waals surface area contributed by atoms with Crippen molar-refractivity contribution in [2.24, 2.45) is 0 Å². The van der Waals surface area contributed by atoms with Crippen LogP contribution in [0, 0.1) is 6.92 Å². The Morgan fingerprint density at radius 2 is 1.82 bits per heavy atom. The van der Waals surface area contributed by atoms with Gasteiger partial charge in [-0.05, 0) is 52.7 Å². The summed E-state index contributed by atoms with van der Waals surface area (Å²) in [5, 5.41) is 3.70. The van der Waals surface area contributed by atoms with E-state index in [4.69, 9.17) is 0 Å². The number of hydrogen-bond donors (Lipinski definition) is 1. The molecule has 2 nitrogen and oxygen atoms in total. The van der Waals surface area contributed by atoms with Gasteiger partial charge in [-0.25, -0.2) is 9.97 Å². The zero-order valence-electron chi connectivity index (χ0n) is 12.4. The van der Waals surface area contributed by atoms with Crippen molar-refractivity contribution in [3.05, 3.63) is 71.8 Å². The minimum atomic E-state index is 0.952. The highest BCUT2D eigenvalue weighted by molar-refractivity contribution is 7.98. The topological polar surface area (TPSA) is 29.9 Å². The van der Waals surface area contributed by atoms with Crippen LogP contribution in [0.1, 0.15) is 11.1 Å². The van der Waals surface area contributed by atoms with E-state index in [0.717, 1.165) is 16.4 Å². The Labute approximate surface area is 133 Å². The molecule has 108 valence electrons. The molecule has 0 bridgehead atoms. The second-order valence-corrected chi connectivity index (χ2v) is 6.58. The number of aryl methyl sites for hydroxylation is 1. The van der Waals surface area contributed by atoms with E-state index in [1.54, 1.807) is 11.8 Å². The first-order valence-electron chi connectivity index (χ1n) is 7.40. The molecule has 0 radical (unpaired) electrons. The van der Waals surface area contributed by atoms with Gasteiger partial charge in [-0.1, -0.05) is 48.5 Å². The van der Waals surface area contributed by atoms with Gasteiger partial charge in [-0.15, -0.1) is 0 Å². The molecular formula is C19H17N2S+. The van der Waals surface area contributed by atoms with Crippen LogP contribution in [0.3, 0.4) is 0 Å². The Morgan fingerprint density at radius 3 is 2.73 bits per heavy atom. The molecule has 0 fully saturated rings. The van der Waals surface area contributed by atoms with Gasteiger partial charge in [0.2, 0.25) is 0 Å². The number of imidazole rings is 1. The van der Waals surface area contributed by atoms with E-state index in [-0.39, 0.29) is 0 Å². The van der Waals surface area contributed by atoms with Crippen LogP contribution in [-0.2, 0) is 5.75 Å². The van der Waals surface area contributed by atoms with E-state index >= 15 is 0 Å². The molecule has 4 aromatic rings. The number of aromatic amines is 2. The van der Waals surface area contributed by atoms with Gasteiger partial charge in [-0.2, -0.15) is 0 Å². The van der Waals surface area contributed by atoms with Crippen molar-refractivity contribution in [1.82, 2.24) is 4.98 Å². The first-order valence-corrected chi connectivity index (χ1v) is 8.39. The van der Waals surface area contributed by atoms with Crippen LogP contribution in [0.4, 0.5) is 0 Å². The fraction of sp³-hybridized carbons (Fsp3) is 0.105. The largest absolute Gasteiger partial charge is 0.314 e. The van der Waals surface area contributed by atoms with Crippen molar-refractivity contribution in [3.8, 4) is 0 Å². The van der Waals surface area contributed by atoms with Gasteiger partial charge < -0.3 is 0 Å². The summed E-state index contributed by atoms with van der Waals surface area (Å²) in [5.41, 5.74) is 4.94. The van der Waals surface area contributed by atoms with Crippen LogP contribution in [-0.4, -0.2) is 4.98 Å². The minimum absolute atomic E-state index is 0.952. The Morgan fingerprint density at radius 1 is 0.955 bits per heavy atom. The highest BCUT2D eigenvalue weighted by Gasteiger charge is 2.10. The highest BCUT2D eigenvalue weighted by atomic mass is 32.2. The minimum Gasteiger partial charge on any atom is -0.231 e. The Kier molecular flexibility index (Phi) is 3.35. The van der Waals surface area contributed by atoms with E-state index in [1.807, 2.05) is 0 Å². The summed E-state index contributed by atoms with van der Waals surface area (Å²) in [6, 6.07) is 21.6. The van der Waals surface area contributed by atoms with E-state index in [1.165, 1.54) is 27.4 Å². The lowest BCUT2D eigenvalue weighted by Crippen LogP contribution is -2.01. The van der Waals surface area contributed by atoms with E-state index < -0.39 is 0 Å². The van der Waals surface area contributed by atoms with Crippen molar-refractivity contribution in [2.75, 3.05) is 0 Å². The second-order valence-electron chi connectivity index (χ2n) is 5.60. The van der Waals surface area contributed by atoms with Crippen LogP contribution in [0.15, 0.2) is 65.8 Å². The standard InChI is InChI=1S/C19H16N2S/c1-13-6-9-17-18(10-13)21-19(20-17)22-12-14-7-8-15-4-2-3-5-16(15)11-14/h2-11H,12H2,1H3,(H,20,21)/p+1. The predicted molar refractivity (Wildman–Crippen MR) is 93.1 cm³/mol. The molecule has 0 atom stereocenters. The zero-order chi connectivity index (χ0) is 14.9. The molecule has 22 heavy (non-hydrogen) atoms. The normalized spacial score (nSPS) is 11.3. The van der Waals surface area contributed by atoms with Gasteiger partial charge in [-0.3, -0.25) is 0 Å². The molecular weight excluding hydrogens is 288 g/mol. The number of rotatable bonds is 3. The predicted octanol–water partition coefficient (Wildman–Crippen LogP) is 4.74. The van der Waals surface area contributed by atoms with Crippen LogP contribution in [0.2, 0.25) is 0 Å². The lowest BCUT2D eigenvalue weighted by molar-refractivity contribution is -0.396. The Bertz CT molecular complexity index is 956. The summed E-state index contributed by atoms with van der Waals surface area (Å²) in [6.45, 7) is 2.11. The summed E-state index contributed by atoms with van der Waals surface area (Å²) in [7, 11) is 0. The summed E-state index contributed by atoms with van der Waals surface area (Å²) in [4.78, 5) is 6.89. The van der Waals surface area contributed by atoms with Gasteiger partial charge in [0, 0.05) is 5.75 Å². The maximum atomic E-state index is 3.45. The van der Waals surface area contributed by atoms with Crippen molar-refractivity contribution in [1.29, 1.82) is 0 Å². The quantitative estimate of drug-likeness (QED) is 0.545. The maximum absolute atomic E-state index is 3.45. The lowest BCUT2D eigenvalue weighted by Gasteiger charge is -2.01. The molecule has 0 unspecified atom stereocenters. The van der Waals surface area contributed by atoms with E-state index in [0.29, 0.717) is 0 Å². The van der Waals surface area contributed by atoms with Gasteiger partial charge >= 0.3 is 5.16 Å². The molecule has 1 heterocycles. The fourth-order valence-electron chi connectivity index (χ4n) is 2.70. The molecule has 2 N–H and O–H groups in total. The van der Waals surface area contributed by atoms with Gasteiger partial charge in [0.1, 0.15) is 0 Å². The number of aromatic nitrogens is 2. The summed E-state index contributed by atoms with van der Waals surface area (Å²) < 4.78 is 0. The molecule has 0 aliphatic carbocycles. The van der Waals surface area contributed by atoms with E-state index in [2.05, 4.69) is 77.6 Å². The molecule has 0 saturated heterocycles. The number of fused-ring (bicyclic) bond motifs is 2. The van der Waals surface area contributed by atoms with Crippen molar-refractivity contribution in [2.45, 2.75) is 17.8 Å². The summed E-state index contributed by atoms with van der Waals surface area (Å²) in [5.74, 6) is 0.952. The third-order valence-electron chi connectivity index (χ3n) is 3.87. The molecule has 1 aromatic heterocycles. The maximum Gasteiger partial charge on any atom is 0.314 e. The van der Waals surface area contributed by atoms with Crippen molar-refractivity contribution in [3.63, 3.8) is 0 Å². The molecule has 3 heteroatoms. The first-order chi connectivity index (χ1) is 10.8. The number of thioether (sulfide) groups is 1. The third kappa shape index (κ3) is 2.60. The van der Waals surface area contributed by atoms with Gasteiger partial charge in [0.25, 0.3) is 0 Å². The smallest absolute Gasteiger partial charge is 0.231 e. The molecule has 0 spiro atoms. The molecule has 0 saturated carbocycles. The summed E-state index contributed by atoms with van der Waals surface area (Å²) >= 11 is 1.80. The summed E-state index contributed by atoms with van der Waals surface area (Å²) in [6.07, 6.45) is 0.